The normalized spacial score (nSPS) is 15.2. The number of carbonyl (C=O) groups is 2. The standard InChI is InChI=1S/C22H21N3O4/c1-15(20-23-24-21(29-20)16-7-3-2-4-8-16)28-22(27)17-10-12-18(13-11-17)25-14-6-5-9-19(25)26/h2-4,7-8,10-13,15H,5-6,9,14H2,1H3/t15-/m1/s1. The lowest BCUT2D eigenvalue weighted by atomic mass is 10.1. The molecule has 1 saturated heterocycles. The lowest BCUT2D eigenvalue weighted by Gasteiger charge is -2.26. The van der Waals surface area contributed by atoms with Crippen molar-refractivity contribution in [1.29, 1.82) is 0 Å². The van der Waals surface area contributed by atoms with Crippen molar-refractivity contribution in [1.82, 2.24) is 10.2 Å². The monoisotopic (exact) mass is 391 g/mol. The summed E-state index contributed by atoms with van der Waals surface area (Å²) in [6.45, 7) is 2.39. The maximum absolute atomic E-state index is 12.5. The number of piperidine rings is 1. The van der Waals surface area contributed by atoms with Crippen LogP contribution in [0.15, 0.2) is 59.0 Å². The van der Waals surface area contributed by atoms with E-state index >= 15 is 0 Å². The second kappa shape index (κ2) is 8.26. The Morgan fingerprint density at radius 1 is 1.07 bits per heavy atom. The van der Waals surface area contributed by atoms with E-state index in [4.69, 9.17) is 9.15 Å². The van der Waals surface area contributed by atoms with Crippen molar-refractivity contribution in [2.45, 2.75) is 32.3 Å². The highest BCUT2D eigenvalue weighted by Gasteiger charge is 2.22. The van der Waals surface area contributed by atoms with E-state index in [0.717, 1.165) is 24.1 Å². The van der Waals surface area contributed by atoms with Gasteiger partial charge in [0.05, 0.1) is 5.56 Å². The molecule has 148 valence electrons. The van der Waals surface area contributed by atoms with Crippen LogP contribution in [0.3, 0.4) is 0 Å². The first kappa shape index (κ1) is 18.9. The number of rotatable bonds is 5. The summed E-state index contributed by atoms with van der Waals surface area (Å²) in [5, 5.41) is 8.00. The third kappa shape index (κ3) is 4.18. The van der Waals surface area contributed by atoms with Gasteiger partial charge in [-0.05, 0) is 56.2 Å². The molecule has 0 radical (unpaired) electrons. The van der Waals surface area contributed by atoms with Gasteiger partial charge in [-0.1, -0.05) is 18.2 Å². The predicted octanol–water partition coefficient (Wildman–Crippen LogP) is 4.17. The molecule has 0 unspecified atom stereocenters. The van der Waals surface area contributed by atoms with Crippen LogP contribution in [0.4, 0.5) is 5.69 Å². The Morgan fingerprint density at radius 3 is 2.55 bits per heavy atom. The summed E-state index contributed by atoms with van der Waals surface area (Å²) in [6.07, 6.45) is 1.80. The molecule has 3 aromatic rings. The molecule has 0 bridgehead atoms. The van der Waals surface area contributed by atoms with Gasteiger partial charge in [-0.15, -0.1) is 10.2 Å². The first-order valence-electron chi connectivity index (χ1n) is 9.62. The number of esters is 1. The average molecular weight is 391 g/mol. The molecule has 1 fully saturated rings. The van der Waals surface area contributed by atoms with Crippen molar-refractivity contribution in [2.75, 3.05) is 11.4 Å². The molecule has 0 N–H and O–H groups in total. The highest BCUT2D eigenvalue weighted by Crippen LogP contribution is 2.24. The van der Waals surface area contributed by atoms with Crippen molar-refractivity contribution in [3.8, 4) is 11.5 Å². The Morgan fingerprint density at radius 2 is 1.83 bits per heavy atom. The van der Waals surface area contributed by atoms with Crippen molar-refractivity contribution >= 4 is 17.6 Å². The minimum atomic E-state index is -0.684. The van der Waals surface area contributed by atoms with E-state index in [9.17, 15) is 9.59 Å². The maximum atomic E-state index is 12.5. The number of benzene rings is 2. The fraction of sp³-hybridized carbons (Fsp3) is 0.273. The van der Waals surface area contributed by atoms with E-state index in [1.807, 2.05) is 30.3 Å². The predicted molar refractivity (Wildman–Crippen MR) is 106 cm³/mol. The van der Waals surface area contributed by atoms with Gasteiger partial charge in [0, 0.05) is 24.2 Å². The second-order valence-corrected chi connectivity index (χ2v) is 6.91. The van der Waals surface area contributed by atoms with Crippen molar-refractivity contribution < 1.29 is 18.7 Å². The van der Waals surface area contributed by atoms with Crippen LogP contribution in [-0.2, 0) is 9.53 Å². The van der Waals surface area contributed by atoms with Crippen LogP contribution in [0.2, 0.25) is 0 Å². The van der Waals surface area contributed by atoms with Crippen molar-refractivity contribution in [3.63, 3.8) is 0 Å². The molecule has 1 amide bonds. The van der Waals surface area contributed by atoms with E-state index in [1.165, 1.54) is 0 Å². The summed E-state index contributed by atoms with van der Waals surface area (Å²) in [5.74, 6) is 0.228. The highest BCUT2D eigenvalue weighted by molar-refractivity contribution is 5.95. The summed E-state index contributed by atoms with van der Waals surface area (Å²) < 4.78 is 11.1. The van der Waals surface area contributed by atoms with E-state index in [2.05, 4.69) is 10.2 Å². The lowest BCUT2D eigenvalue weighted by Crippen LogP contribution is -2.35. The molecule has 1 aliphatic heterocycles. The van der Waals surface area contributed by atoms with Crippen LogP contribution in [-0.4, -0.2) is 28.6 Å². The zero-order valence-electron chi connectivity index (χ0n) is 16.1. The van der Waals surface area contributed by atoms with Gasteiger partial charge in [0.25, 0.3) is 5.89 Å². The minimum absolute atomic E-state index is 0.116. The van der Waals surface area contributed by atoms with Gasteiger partial charge in [0.2, 0.25) is 11.8 Å². The second-order valence-electron chi connectivity index (χ2n) is 6.91. The van der Waals surface area contributed by atoms with Gasteiger partial charge < -0.3 is 14.1 Å². The zero-order valence-corrected chi connectivity index (χ0v) is 16.1. The summed E-state index contributed by atoms with van der Waals surface area (Å²) in [5.41, 5.74) is 1.99. The number of aromatic nitrogens is 2. The maximum Gasteiger partial charge on any atom is 0.338 e. The molecule has 4 rings (SSSR count). The van der Waals surface area contributed by atoms with E-state index in [-0.39, 0.29) is 11.8 Å². The Labute approximate surface area is 168 Å². The van der Waals surface area contributed by atoms with Gasteiger partial charge in [-0.2, -0.15) is 0 Å². The van der Waals surface area contributed by atoms with E-state index in [0.29, 0.717) is 24.4 Å². The number of nitrogens with zero attached hydrogens (tertiary/aromatic N) is 3. The molecule has 0 spiro atoms. The smallest absolute Gasteiger partial charge is 0.338 e. The van der Waals surface area contributed by atoms with Gasteiger partial charge in [0.1, 0.15) is 0 Å². The summed E-state index contributed by atoms with van der Waals surface area (Å²) in [6, 6.07) is 16.2. The highest BCUT2D eigenvalue weighted by atomic mass is 16.6. The molecule has 29 heavy (non-hydrogen) atoms. The van der Waals surface area contributed by atoms with Crippen LogP contribution < -0.4 is 4.90 Å². The first-order valence-corrected chi connectivity index (χ1v) is 9.62. The molecule has 7 heteroatoms. The van der Waals surface area contributed by atoms with Gasteiger partial charge in [-0.3, -0.25) is 4.79 Å². The number of carbonyl (C=O) groups excluding carboxylic acids is 2. The Hall–Kier alpha value is -3.48. The number of hydrogen-bond acceptors (Lipinski definition) is 6. The van der Waals surface area contributed by atoms with Gasteiger partial charge >= 0.3 is 5.97 Å². The van der Waals surface area contributed by atoms with Crippen LogP contribution in [0, 0.1) is 0 Å². The minimum Gasteiger partial charge on any atom is -0.449 e. The zero-order chi connectivity index (χ0) is 20.2. The van der Waals surface area contributed by atoms with Crippen molar-refractivity contribution in [2.24, 2.45) is 0 Å². The molecule has 1 aliphatic rings. The summed E-state index contributed by atoms with van der Waals surface area (Å²) in [4.78, 5) is 26.3. The SMILES string of the molecule is C[C@@H](OC(=O)c1ccc(N2CCCCC2=O)cc1)c1nnc(-c2ccccc2)o1. The molecule has 1 atom stereocenters. The van der Waals surface area contributed by atoms with E-state index < -0.39 is 12.1 Å². The molecular formula is C22H21N3O4. The fourth-order valence-corrected chi connectivity index (χ4v) is 3.23. The molecule has 0 saturated carbocycles. The van der Waals surface area contributed by atoms with Crippen molar-refractivity contribution in [3.05, 3.63) is 66.1 Å². The largest absolute Gasteiger partial charge is 0.449 e. The number of amides is 1. The Bertz CT molecular complexity index is 998. The van der Waals surface area contributed by atoms with Gasteiger partial charge in [-0.25, -0.2) is 4.79 Å². The quantitative estimate of drug-likeness (QED) is 0.607. The van der Waals surface area contributed by atoms with E-state index in [1.54, 1.807) is 36.1 Å². The number of anilines is 1. The number of hydrogen-bond donors (Lipinski definition) is 0. The first-order chi connectivity index (χ1) is 14.1. The van der Waals surface area contributed by atoms with Crippen LogP contribution in [0.1, 0.15) is 48.5 Å². The van der Waals surface area contributed by atoms with Crippen LogP contribution in [0.25, 0.3) is 11.5 Å². The third-order valence-corrected chi connectivity index (χ3v) is 4.83. The van der Waals surface area contributed by atoms with Crippen LogP contribution >= 0.6 is 0 Å². The molecule has 2 aromatic carbocycles. The lowest BCUT2D eigenvalue weighted by molar-refractivity contribution is -0.119. The summed E-state index contributed by atoms with van der Waals surface area (Å²) in [7, 11) is 0. The van der Waals surface area contributed by atoms with Crippen LogP contribution in [0.5, 0.6) is 0 Å². The molecule has 1 aromatic heterocycles. The molecule has 7 nitrogen and oxygen atoms in total. The number of ether oxygens (including phenoxy) is 1. The average Bonchev–Trinajstić information content (AvgIpc) is 3.25. The summed E-state index contributed by atoms with van der Waals surface area (Å²) >= 11 is 0. The topological polar surface area (TPSA) is 85.5 Å². The van der Waals surface area contributed by atoms with Gasteiger partial charge in [0.15, 0.2) is 6.10 Å². The molecular weight excluding hydrogens is 370 g/mol. The molecule has 2 heterocycles. The third-order valence-electron chi connectivity index (χ3n) is 4.83. The Kier molecular flexibility index (Phi) is 5.37. The Balaban J connectivity index is 1.41. The molecule has 0 aliphatic carbocycles. The fourth-order valence-electron chi connectivity index (χ4n) is 3.23.